The van der Waals surface area contributed by atoms with Crippen LogP contribution in [-0.4, -0.2) is 95.5 Å². The van der Waals surface area contributed by atoms with Crippen molar-refractivity contribution in [2.75, 3.05) is 30.1 Å². The lowest BCUT2D eigenvalue weighted by Gasteiger charge is -2.31. The van der Waals surface area contributed by atoms with Crippen molar-refractivity contribution in [1.82, 2.24) is 9.55 Å². The van der Waals surface area contributed by atoms with Crippen molar-refractivity contribution in [2.24, 2.45) is 11.8 Å². The van der Waals surface area contributed by atoms with Crippen molar-refractivity contribution < 1.29 is 60.4 Å². The Bertz CT molecular complexity index is 1710. The summed E-state index contributed by atoms with van der Waals surface area (Å²) in [4.78, 5) is 28.2. The molecule has 0 aromatic carbocycles. The zero-order chi connectivity index (χ0) is 37.0. The van der Waals surface area contributed by atoms with Crippen molar-refractivity contribution in [1.29, 1.82) is 5.26 Å². The van der Waals surface area contributed by atoms with Crippen molar-refractivity contribution >= 4 is 57.7 Å². The highest BCUT2D eigenvalue weighted by molar-refractivity contribution is 7.97. The summed E-state index contributed by atoms with van der Waals surface area (Å²) in [5.41, 5.74) is -0.842. The first kappa shape index (κ1) is 39.9. The number of esters is 2. The van der Waals surface area contributed by atoms with Gasteiger partial charge < -0.3 is 34.3 Å². The lowest BCUT2D eigenvalue weighted by molar-refractivity contribution is -0.153. The summed E-state index contributed by atoms with van der Waals surface area (Å²) in [5.74, 6) is -2.49. The predicted molar refractivity (Wildman–Crippen MR) is 176 cm³/mol. The molecule has 20 heteroatoms. The molecule has 1 saturated carbocycles. The van der Waals surface area contributed by atoms with E-state index in [0.717, 1.165) is 0 Å². The fourth-order valence-corrected chi connectivity index (χ4v) is 9.79. The van der Waals surface area contributed by atoms with Crippen LogP contribution in [0.4, 0.5) is 10.1 Å². The summed E-state index contributed by atoms with van der Waals surface area (Å²) >= 11 is 6.31. The molecule has 4 rings (SSSR count). The molecule has 0 bridgehead atoms. The Balaban J connectivity index is 1.50. The van der Waals surface area contributed by atoms with Gasteiger partial charge in [0.1, 0.15) is 41.8 Å². The third-order valence-corrected chi connectivity index (χ3v) is 12.8. The standard InChI is InChI=1S/C30H41ClFN4O12PS/c1-16(2)7-23(37)44-13-46-49(41,47-14-45-24(38)8-17(3)4)15-50(42,43)12-22-26(39)27(40)30(48-22)36-6-5-20-25(34-19-9-18(32)10-19)21(11-33)28(31)35-29(20)36/h5-6,16-19,22,26-27,30,39-40H,7-10,12-15H2,1-4H3,(H,34,35)/t18?,19?,22-,26-,27-,30-/m1/s1. The van der Waals surface area contributed by atoms with E-state index in [1.807, 2.05) is 6.07 Å². The fourth-order valence-electron chi connectivity index (χ4n) is 5.35. The van der Waals surface area contributed by atoms with Gasteiger partial charge in [-0.15, -0.1) is 0 Å². The van der Waals surface area contributed by atoms with E-state index < -0.39 is 84.9 Å². The average Bonchev–Trinajstić information content (AvgIpc) is 3.50. The highest BCUT2D eigenvalue weighted by atomic mass is 35.5. The number of anilines is 1. The molecule has 2 aromatic rings. The summed E-state index contributed by atoms with van der Waals surface area (Å²) < 4.78 is 80.8. The first-order valence-electron chi connectivity index (χ1n) is 15.8. The number of alkyl halides is 1. The van der Waals surface area contributed by atoms with E-state index in [1.165, 1.54) is 10.8 Å². The molecule has 3 heterocycles. The quantitative estimate of drug-likeness (QED) is 0.0901. The topological polar surface area (TPSA) is 226 Å². The van der Waals surface area contributed by atoms with Gasteiger partial charge in [-0.25, -0.2) is 17.8 Å². The van der Waals surface area contributed by atoms with Gasteiger partial charge in [-0.1, -0.05) is 39.3 Å². The fraction of sp³-hybridized carbons (Fsp3) is 0.667. The number of pyridine rings is 1. The second-order valence-electron chi connectivity index (χ2n) is 13.1. The second-order valence-corrected chi connectivity index (χ2v) is 18.0. The van der Waals surface area contributed by atoms with Crippen molar-refractivity contribution in [2.45, 2.75) is 90.1 Å². The van der Waals surface area contributed by atoms with E-state index in [9.17, 15) is 42.4 Å². The molecule has 0 amide bonds. The molecule has 4 atom stereocenters. The maximum Gasteiger partial charge on any atom is 0.351 e. The van der Waals surface area contributed by atoms with Gasteiger partial charge in [-0.2, -0.15) is 5.26 Å². The van der Waals surface area contributed by atoms with Crippen LogP contribution < -0.4 is 5.32 Å². The van der Waals surface area contributed by atoms with Crippen LogP contribution in [0, 0.1) is 23.2 Å². The Morgan fingerprint density at radius 3 is 2.24 bits per heavy atom. The number of aliphatic hydroxyl groups excluding tert-OH is 2. The molecule has 16 nitrogen and oxygen atoms in total. The zero-order valence-electron chi connectivity index (χ0n) is 27.9. The predicted octanol–water partition coefficient (Wildman–Crippen LogP) is 3.79. The molecule has 0 spiro atoms. The van der Waals surface area contributed by atoms with E-state index in [-0.39, 0.29) is 59.9 Å². The molecule has 3 N–H and O–H groups in total. The highest BCUT2D eigenvalue weighted by Crippen LogP contribution is 2.50. The number of nitrogens with one attached hydrogen (secondary N) is 1. The first-order chi connectivity index (χ1) is 23.4. The third-order valence-electron chi connectivity index (χ3n) is 7.83. The van der Waals surface area contributed by atoms with Crippen LogP contribution in [0.15, 0.2) is 12.3 Å². The largest absolute Gasteiger partial charge is 0.438 e. The molecule has 2 aromatic heterocycles. The van der Waals surface area contributed by atoms with Crippen molar-refractivity contribution in [3.05, 3.63) is 23.0 Å². The first-order valence-corrected chi connectivity index (χ1v) is 19.8. The molecular weight excluding hydrogens is 726 g/mol. The van der Waals surface area contributed by atoms with Gasteiger partial charge in [0.25, 0.3) is 0 Å². The number of sulfone groups is 1. The number of carbonyl (C=O) groups excluding carboxylic acids is 2. The van der Waals surface area contributed by atoms with E-state index in [0.29, 0.717) is 11.1 Å². The molecular formula is C30H41ClFN4O12PS. The number of aliphatic hydroxyl groups is 2. The van der Waals surface area contributed by atoms with Crippen LogP contribution in [-0.2, 0) is 47.2 Å². The minimum Gasteiger partial charge on any atom is -0.438 e. The van der Waals surface area contributed by atoms with Crippen molar-refractivity contribution in [3.63, 3.8) is 0 Å². The highest BCUT2D eigenvalue weighted by Gasteiger charge is 2.47. The molecule has 1 aliphatic carbocycles. The number of halogens is 2. The Hall–Kier alpha value is -2.88. The van der Waals surface area contributed by atoms with Gasteiger partial charge in [-0.3, -0.25) is 23.2 Å². The molecule has 50 heavy (non-hydrogen) atoms. The summed E-state index contributed by atoms with van der Waals surface area (Å²) in [7, 11) is -9.17. The van der Waals surface area contributed by atoms with Crippen LogP contribution in [0.1, 0.15) is 65.2 Å². The third kappa shape index (κ3) is 10.1. The number of hydrogen-bond donors (Lipinski definition) is 3. The van der Waals surface area contributed by atoms with E-state index in [2.05, 4.69) is 10.3 Å². The molecule has 1 aliphatic heterocycles. The van der Waals surface area contributed by atoms with Crippen LogP contribution in [0.25, 0.3) is 11.0 Å². The van der Waals surface area contributed by atoms with Gasteiger partial charge >= 0.3 is 19.5 Å². The number of aromatic nitrogens is 2. The summed E-state index contributed by atoms with van der Waals surface area (Å²) in [6.07, 6.45) is -5.43. The summed E-state index contributed by atoms with van der Waals surface area (Å²) in [6.45, 7) is 5.21. The Morgan fingerprint density at radius 1 is 1.14 bits per heavy atom. The van der Waals surface area contributed by atoms with Crippen LogP contribution >= 0.6 is 19.2 Å². The van der Waals surface area contributed by atoms with E-state index in [1.54, 1.807) is 33.8 Å². The second kappa shape index (κ2) is 16.6. The van der Waals surface area contributed by atoms with Crippen LogP contribution in [0.2, 0.25) is 5.15 Å². The number of ether oxygens (including phenoxy) is 3. The maximum atomic E-state index is 13.6. The average molecular weight is 767 g/mol. The van der Waals surface area contributed by atoms with Gasteiger partial charge in [-0.05, 0) is 30.7 Å². The maximum absolute atomic E-state index is 13.6. The molecule has 0 radical (unpaired) electrons. The molecule has 1 saturated heterocycles. The number of rotatable bonds is 17. The number of carbonyl (C=O) groups is 2. The molecule has 278 valence electrons. The Kier molecular flexibility index (Phi) is 13.3. The Morgan fingerprint density at radius 2 is 1.72 bits per heavy atom. The Labute approximate surface area is 293 Å². The summed E-state index contributed by atoms with van der Waals surface area (Å²) in [5, 5.41) is 34.8. The number of nitriles is 1. The molecule has 0 unspecified atom stereocenters. The van der Waals surface area contributed by atoms with E-state index in [4.69, 9.17) is 34.9 Å². The minimum atomic E-state index is -4.67. The smallest absolute Gasteiger partial charge is 0.351 e. The lowest BCUT2D eigenvalue weighted by Crippen LogP contribution is -2.36. The van der Waals surface area contributed by atoms with Gasteiger partial charge in [0.05, 0.1) is 11.4 Å². The van der Waals surface area contributed by atoms with Crippen LogP contribution in [0.3, 0.4) is 0 Å². The van der Waals surface area contributed by atoms with Gasteiger partial charge in [0.2, 0.25) is 13.6 Å². The SMILES string of the molecule is CC(C)CC(=O)OCOP(=O)(CS(=O)(=O)C[C@H]1O[C@@H](n2ccc3c(NC4CC(F)C4)c(C#N)c(Cl)nc32)[C@H](O)[C@@H]1O)OCOC(=O)CC(C)C. The number of fused-ring (bicyclic) bond motifs is 1. The molecule has 2 fully saturated rings. The van der Waals surface area contributed by atoms with Crippen molar-refractivity contribution in [3.8, 4) is 6.07 Å². The van der Waals surface area contributed by atoms with Gasteiger partial charge in [0.15, 0.2) is 26.7 Å². The normalized spacial score (nSPS) is 23.9. The zero-order valence-corrected chi connectivity index (χ0v) is 30.3. The van der Waals surface area contributed by atoms with E-state index >= 15 is 0 Å². The molecule has 2 aliphatic rings. The summed E-state index contributed by atoms with van der Waals surface area (Å²) in [6, 6.07) is 3.27. The number of nitrogens with zero attached hydrogens (tertiary/aromatic N) is 3. The number of hydrogen-bond acceptors (Lipinski definition) is 15. The monoisotopic (exact) mass is 766 g/mol. The lowest BCUT2D eigenvalue weighted by atomic mass is 9.90. The minimum absolute atomic E-state index is 0.00975. The van der Waals surface area contributed by atoms with Crippen LogP contribution in [0.5, 0.6) is 0 Å². The van der Waals surface area contributed by atoms with Gasteiger partial charge in [0, 0.05) is 30.5 Å².